The molecule has 13 nitrogen and oxygen atoms in total. The summed E-state index contributed by atoms with van der Waals surface area (Å²) in [7, 11) is 0. The highest BCUT2D eigenvalue weighted by Gasteiger charge is 2.35. The van der Waals surface area contributed by atoms with Crippen LogP contribution in [0.3, 0.4) is 0 Å². The Bertz CT molecular complexity index is 1040. The third kappa shape index (κ3) is 10.8. The van der Waals surface area contributed by atoms with E-state index in [9.17, 15) is 24.6 Å². The van der Waals surface area contributed by atoms with Crippen molar-refractivity contribution in [3.8, 4) is 0 Å². The van der Waals surface area contributed by atoms with Crippen LogP contribution < -0.4 is 22.1 Å². The lowest BCUT2D eigenvalue weighted by Gasteiger charge is -2.27. The second-order valence-corrected chi connectivity index (χ2v) is 11.2. The molecule has 1 saturated carbocycles. The van der Waals surface area contributed by atoms with Gasteiger partial charge in [-0.05, 0) is 38.5 Å². The van der Waals surface area contributed by atoms with Crippen LogP contribution in [0.1, 0.15) is 69.6 Å². The number of nitrogen functional groups attached to an aromatic ring is 1. The van der Waals surface area contributed by atoms with Crippen LogP contribution in [0.25, 0.3) is 0 Å². The van der Waals surface area contributed by atoms with Crippen molar-refractivity contribution in [3.63, 3.8) is 0 Å². The van der Waals surface area contributed by atoms with Gasteiger partial charge in [0.05, 0.1) is 32.5 Å². The molecule has 1 saturated heterocycles. The zero-order chi connectivity index (χ0) is 30.3. The van der Waals surface area contributed by atoms with Gasteiger partial charge in [0.25, 0.3) is 0 Å². The maximum atomic E-state index is 12.8. The molecule has 0 aromatic carbocycles. The topological polar surface area (TPSA) is 187 Å². The molecule has 1 aliphatic heterocycles. The smallest absolute Gasteiger partial charge is 0.351 e. The molecule has 0 radical (unpaired) electrons. The summed E-state index contributed by atoms with van der Waals surface area (Å²) in [4.78, 5) is 41.5. The molecule has 14 heteroatoms. The number of ether oxygens (including phenoxy) is 3. The van der Waals surface area contributed by atoms with Gasteiger partial charge < -0.3 is 40.8 Å². The van der Waals surface area contributed by atoms with E-state index in [1.807, 2.05) is 0 Å². The maximum Gasteiger partial charge on any atom is 0.351 e. The molecule has 3 rings (SSSR count). The lowest BCUT2D eigenvalue weighted by Crippen LogP contribution is -2.38. The van der Waals surface area contributed by atoms with Crippen LogP contribution in [-0.4, -0.2) is 89.2 Å². The summed E-state index contributed by atoms with van der Waals surface area (Å²) in [5.41, 5.74) is 5.72. The summed E-state index contributed by atoms with van der Waals surface area (Å²) in [6, 6.07) is 0. The maximum absolute atomic E-state index is 12.8. The van der Waals surface area contributed by atoms with Gasteiger partial charge in [-0.2, -0.15) is 4.98 Å². The molecule has 6 N–H and O–H groups in total. The molecule has 1 aromatic rings. The minimum atomic E-state index is -0.908. The van der Waals surface area contributed by atoms with Crippen LogP contribution in [0.2, 0.25) is 0 Å². The van der Waals surface area contributed by atoms with Gasteiger partial charge in [-0.1, -0.05) is 12.8 Å². The lowest BCUT2D eigenvalue weighted by atomic mass is 9.81. The van der Waals surface area contributed by atoms with Crippen LogP contribution in [0.4, 0.5) is 5.82 Å². The first-order valence-electron chi connectivity index (χ1n) is 14.9. The molecule has 0 bridgehead atoms. The van der Waals surface area contributed by atoms with Crippen molar-refractivity contribution in [1.29, 1.82) is 0 Å². The van der Waals surface area contributed by atoms with Crippen molar-refractivity contribution in [2.24, 2.45) is 11.8 Å². The molecular weight excluding hydrogens is 570 g/mol. The van der Waals surface area contributed by atoms with E-state index >= 15 is 0 Å². The Kier molecular flexibility index (Phi) is 15.0. The Labute approximate surface area is 251 Å². The largest absolute Gasteiger partial charge is 0.394 e. The highest BCUT2D eigenvalue weighted by molar-refractivity contribution is 6.17. The number of nitrogens with two attached hydrogens (primary N) is 1. The van der Waals surface area contributed by atoms with Crippen molar-refractivity contribution in [2.45, 2.75) is 82.8 Å². The number of anilines is 1. The third-order valence-electron chi connectivity index (χ3n) is 7.77. The van der Waals surface area contributed by atoms with Gasteiger partial charge in [0, 0.05) is 55.6 Å². The first kappa shape index (κ1) is 34.2. The third-order valence-corrected chi connectivity index (χ3v) is 8.03. The molecule has 1 aliphatic carbocycles. The predicted octanol–water partition coefficient (Wildman–Crippen LogP) is 0.837. The van der Waals surface area contributed by atoms with E-state index < -0.39 is 24.1 Å². The van der Waals surface area contributed by atoms with E-state index in [0.29, 0.717) is 63.5 Å². The molecule has 3 atom stereocenters. The first-order valence-corrected chi connectivity index (χ1v) is 15.5. The fourth-order valence-corrected chi connectivity index (χ4v) is 5.41. The van der Waals surface area contributed by atoms with E-state index in [1.165, 1.54) is 10.8 Å². The number of amides is 2. The second-order valence-electron chi connectivity index (χ2n) is 10.8. The monoisotopic (exact) mass is 615 g/mol. The Morgan fingerprint density at radius 2 is 1.67 bits per heavy atom. The van der Waals surface area contributed by atoms with Crippen LogP contribution in [-0.2, 0) is 30.3 Å². The SMILES string of the molecule is Nc1nc(=O)n([C@H]2CC(O)[C@@H](CO)O2)cc1CNC(=O)C1CCC(C(=O)NCCOCCOCCCCCCCl)CC1. The molecule has 1 aromatic heterocycles. The number of rotatable bonds is 18. The summed E-state index contributed by atoms with van der Waals surface area (Å²) in [5.74, 6) is 0.180. The van der Waals surface area contributed by atoms with Gasteiger partial charge in [-0.15, -0.1) is 11.6 Å². The van der Waals surface area contributed by atoms with Crippen molar-refractivity contribution >= 4 is 29.2 Å². The number of hydrogen-bond donors (Lipinski definition) is 5. The van der Waals surface area contributed by atoms with Gasteiger partial charge >= 0.3 is 5.69 Å². The summed E-state index contributed by atoms with van der Waals surface area (Å²) in [6.45, 7) is 2.29. The summed E-state index contributed by atoms with van der Waals surface area (Å²) >= 11 is 5.66. The number of aliphatic hydroxyl groups excluding tert-OH is 2. The molecule has 42 heavy (non-hydrogen) atoms. The molecule has 2 fully saturated rings. The van der Waals surface area contributed by atoms with E-state index in [0.717, 1.165) is 32.3 Å². The molecule has 2 aliphatic rings. The number of alkyl halides is 1. The van der Waals surface area contributed by atoms with E-state index in [2.05, 4.69) is 15.6 Å². The molecule has 2 heterocycles. The number of hydrogen-bond acceptors (Lipinski definition) is 10. The molecular formula is C28H46ClN5O8. The average molecular weight is 616 g/mol. The molecule has 2 amide bonds. The number of carbonyl (C=O) groups excluding carboxylic acids is 2. The highest BCUT2D eigenvalue weighted by atomic mass is 35.5. The van der Waals surface area contributed by atoms with Crippen molar-refractivity contribution in [2.75, 3.05) is 51.2 Å². The number of aliphatic hydroxyl groups is 2. The van der Waals surface area contributed by atoms with Crippen LogP contribution in [0.5, 0.6) is 0 Å². The summed E-state index contributed by atoms with van der Waals surface area (Å²) in [6.07, 6.45) is 5.83. The predicted molar refractivity (Wildman–Crippen MR) is 156 cm³/mol. The number of halogens is 1. The van der Waals surface area contributed by atoms with Crippen LogP contribution >= 0.6 is 11.6 Å². The fourth-order valence-electron chi connectivity index (χ4n) is 5.22. The number of unbranched alkanes of at least 4 members (excludes halogenated alkanes) is 3. The molecule has 1 unspecified atom stereocenters. The minimum absolute atomic E-state index is 0.000431. The van der Waals surface area contributed by atoms with Crippen molar-refractivity contribution in [3.05, 3.63) is 22.2 Å². The zero-order valence-corrected chi connectivity index (χ0v) is 24.9. The summed E-state index contributed by atoms with van der Waals surface area (Å²) in [5, 5.41) is 25.1. The highest BCUT2D eigenvalue weighted by Crippen LogP contribution is 2.30. The number of carbonyl (C=O) groups is 2. The van der Waals surface area contributed by atoms with E-state index in [4.69, 9.17) is 31.5 Å². The Morgan fingerprint density at radius 1 is 1.02 bits per heavy atom. The van der Waals surface area contributed by atoms with Gasteiger partial charge in [-0.25, -0.2) is 4.79 Å². The zero-order valence-electron chi connectivity index (χ0n) is 24.2. The van der Waals surface area contributed by atoms with Crippen molar-refractivity contribution < 1.29 is 34.0 Å². The normalized spacial score (nSPS) is 24.0. The van der Waals surface area contributed by atoms with E-state index in [1.54, 1.807) is 0 Å². The van der Waals surface area contributed by atoms with E-state index in [-0.39, 0.29) is 49.0 Å². The summed E-state index contributed by atoms with van der Waals surface area (Å²) < 4.78 is 17.8. The standard InChI is InChI=1S/C28H46ClN5O8/c29-9-3-1-2-4-11-40-13-14-41-12-10-31-26(37)19-5-7-20(8-6-19)27(38)32-16-21-17-34(28(39)33-25(21)30)24-15-22(36)23(18-35)42-24/h17,19-20,22-24,35-36H,1-16,18H2,(H,31,37)(H,32,38)(H2,30,33,39)/t19?,20?,22?,23-,24-/m1/s1. The Morgan fingerprint density at radius 3 is 2.31 bits per heavy atom. The fraction of sp³-hybridized carbons (Fsp3) is 0.786. The average Bonchev–Trinajstić information content (AvgIpc) is 3.37. The van der Waals surface area contributed by atoms with Gasteiger partial charge in [0.2, 0.25) is 11.8 Å². The quantitative estimate of drug-likeness (QED) is 0.117. The van der Waals surface area contributed by atoms with Crippen LogP contribution in [0.15, 0.2) is 11.0 Å². The molecule has 0 spiro atoms. The first-order chi connectivity index (χ1) is 20.3. The van der Waals surface area contributed by atoms with Gasteiger partial charge in [0.1, 0.15) is 18.1 Å². The van der Waals surface area contributed by atoms with Crippen LogP contribution in [0, 0.1) is 11.8 Å². The minimum Gasteiger partial charge on any atom is -0.394 e. The Hall–Kier alpha value is -2.29. The lowest BCUT2D eigenvalue weighted by molar-refractivity contribution is -0.130. The second kappa shape index (κ2) is 18.4. The van der Waals surface area contributed by atoms with Gasteiger partial charge in [0.15, 0.2) is 0 Å². The molecule has 238 valence electrons. The van der Waals surface area contributed by atoms with Crippen molar-refractivity contribution in [1.82, 2.24) is 20.2 Å². The van der Waals surface area contributed by atoms with Gasteiger partial charge in [-0.3, -0.25) is 14.2 Å². The number of aromatic nitrogens is 2. The number of nitrogens with one attached hydrogen (secondary N) is 2. The Balaban J connectivity index is 1.30. The number of nitrogens with zero attached hydrogens (tertiary/aromatic N) is 2.